The summed E-state index contributed by atoms with van der Waals surface area (Å²) in [5.41, 5.74) is 3.97. The summed E-state index contributed by atoms with van der Waals surface area (Å²) in [7, 11) is 0. The third kappa shape index (κ3) is 8.66. The number of halogens is 2. The number of amides is 2. The number of pyridine rings is 2. The van der Waals surface area contributed by atoms with Crippen LogP contribution >= 0.6 is 0 Å². The Balaban J connectivity index is 0.000000177. The van der Waals surface area contributed by atoms with Crippen molar-refractivity contribution in [2.45, 2.75) is 65.2 Å². The van der Waals surface area contributed by atoms with Crippen molar-refractivity contribution in [2.24, 2.45) is 23.7 Å². The van der Waals surface area contributed by atoms with E-state index in [0.29, 0.717) is 59.2 Å². The average molecular weight is 785 g/mol. The molecule has 0 spiro atoms. The van der Waals surface area contributed by atoms with E-state index in [4.69, 9.17) is 0 Å². The summed E-state index contributed by atoms with van der Waals surface area (Å²) in [6.07, 6.45) is 2.99. The van der Waals surface area contributed by atoms with Crippen LogP contribution < -0.4 is 21.8 Å². The standard InChI is InChI=1S/2C24H25FN2O2/c2*1-14(2)19(13-17-10-11-26-23(17)28)18-8-9-22(27-24(18)29)16-7-6-15-4-3-5-21(25)20(15)12-16/h2*3-9,12,14,17,19H,10-11,13H2,1-2H3,(H,26,28)(H,27,29)/t17-,19+;17-,19-/m10/s1. The minimum atomic E-state index is -0.280. The second kappa shape index (κ2) is 17.3. The fourth-order valence-electron chi connectivity index (χ4n) is 8.56. The number of aromatic nitrogens is 2. The molecule has 300 valence electrons. The maximum absolute atomic E-state index is 14.1. The van der Waals surface area contributed by atoms with Crippen LogP contribution in [0, 0.1) is 35.3 Å². The van der Waals surface area contributed by atoms with Gasteiger partial charge in [0.25, 0.3) is 11.1 Å². The van der Waals surface area contributed by atoms with E-state index in [9.17, 15) is 28.0 Å². The first kappa shape index (κ1) is 40.3. The molecule has 2 aliphatic heterocycles. The molecule has 4 heterocycles. The third-order valence-electron chi connectivity index (χ3n) is 12.0. The molecular weight excluding hydrogens is 735 g/mol. The van der Waals surface area contributed by atoms with Crippen LogP contribution in [0.1, 0.15) is 76.3 Å². The summed E-state index contributed by atoms with van der Waals surface area (Å²) in [4.78, 5) is 55.8. The Morgan fingerprint density at radius 1 is 0.552 bits per heavy atom. The second-order valence-corrected chi connectivity index (χ2v) is 16.4. The summed E-state index contributed by atoms with van der Waals surface area (Å²) < 4.78 is 28.3. The minimum absolute atomic E-state index is 0.00991. The zero-order chi connectivity index (χ0) is 41.1. The molecule has 8 nitrogen and oxygen atoms in total. The molecule has 4 aromatic carbocycles. The normalized spacial score (nSPS) is 17.7. The number of hydrogen-bond acceptors (Lipinski definition) is 4. The van der Waals surface area contributed by atoms with Crippen molar-refractivity contribution >= 4 is 33.4 Å². The smallest absolute Gasteiger partial charge is 0.251 e. The van der Waals surface area contributed by atoms with Gasteiger partial charge in [0.1, 0.15) is 11.6 Å². The molecule has 10 heteroatoms. The van der Waals surface area contributed by atoms with E-state index in [2.05, 4.69) is 48.3 Å². The van der Waals surface area contributed by atoms with Gasteiger partial charge in [0.2, 0.25) is 11.8 Å². The van der Waals surface area contributed by atoms with Crippen LogP contribution in [0.5, 0.6) is 0 Å². The number of nitrogens with one attached hydrogen (secondary N) is 4. The van der Waals surface area contributed by atoms with Gasteiger partial charge in [0.05, 0.1) is 0 Å². The van der Waals surface area contributed by atoms with Gasteiger partial charge in [-0.3, -0.25) is 19.2 Å². The molecule has 0 unspecified atom stereocenters. The highest BCUT2D eigenvalue weighted by atomic mass is 19.1. The summed E-state index contributed by atoms with van der Waals surface area (Å²) in [6, 6.07) is 28.4. The Morgan fingerprint density at radius 2 is 0.966 bits per heavy atom. The quantitative estimate of drug-likeness (QED) is 0.111. The number of hydrogen-bond donors (Lipinski definition) is 4. The number of benzene rings is 4. The molecular formula is C48H50F2N4O4. The van der Waals surface area contributed by atoms with Gasteiger partial charge < -0.3 is 20.6 Å². The maximum atomic E-state index is 14.1. The first-order valence-corrected chi connectivity index (χ1v) is 20.3. The van der Waals surface area contributed by atoms with Gasteiger partial charge >= 0.3 is 0 Å². The van der Waals surface area contributed by atoms with Crippen LogP contribution in [-0.4, -0.2) is 34.9 Å². The van der Waals surface area contributed by atoms with Crippen molar-refractivity contribution in [3.63, 3.8) is 0 Å². The molecule has 2 aliphatic rings. The summed E-state index contributed by atoms with van der Waals surface area (Å²) >= 11 is 0. The van der Waals surface area contributed by atoms with Crippen LogP contribution in [0.4, 0.5) is 8.78 Å². The molecule has 4 N–H and O–H groups in total. The molecule has 2 amide bonds. The molecule has 0 radical (unpaired) electrons. The van der Waals surface area contributed by atoms with Gasteiger partial charge in [-0.1, -0.05) is 88.4 Å². The zero-order valence-electron chi connectivity index (χ0n) is 33.3. The topological polar surface area (TPSA) is 124 Å². The SMILES string of the molecule is CC(C)[C@H](C[C@@H]1CCNC1=O)c1ccc(-c2ccc3cccc(F)c3c2)[nH]c1=O.CC(C)[C@H](C[C@H]1CCNC1=O)c1ccc(-c2ccc3cccc(F)c3c2)[nH]c1=O. The van der Waals surface area contributed by atoms with Gasteiger partial charge in [0, 0.05) is 58.2 Å². The summed E-state index contributed by atoms with van der Waals surface area (Å²) in [5, 5.41) is 8.45. The lowest BCUT2D eigenvalue weighted by Gasteiger charge is -2.23. The van der Waals surface area contributed by atoms with E-state index < -0.39 is 0 Å². The number of carbonyl (C=O) groups is 2. The Morgan fingerprint density at radius 3 is 1.31 bits per heavy atom. The molecule has 0 bridgehead atoms. The third-order valence-corrected chi connectivity index (χ3v) is 12.0. The number of rotatable bonds is 10. The first-order chi connectivity index (χ1) is 27.9. The van der Waals surface area contributed by atoms with Crippen LogP contribution in [0.15, 0.2) is 107 Å². The van der Waals surface area contributed by atoms with Gasteiger partial charge in [-0.05, 0) is 108 Å². The van der Waals surface area contributed by atoms with Crippen molar-refractivity contribution in [3.05, 3.63) is 141 Å². The molecule has 8 rings (SSSR count). The Kier molecular flexibility index (Phi) is 12.0. The van der Waals surface area contributed by atoms with E-state index in [1.807, 2.05) is 60.7 Å². The number of carbonyl (C=O) groups excluding carboxylic acids is 2. The second-order valence-electron chi connectivity index (χ2n) is 16.4. The van der Waals surface area contributed by atoms with E-state index in [1.165, 1.54) is 12.1 Å². The highest BCUT2D eigenvalue weighted by molar-refractivity contribution is 5.88. The molecule has 6 aromatic rings. The van der Waals surface area contributed by atoms with E-state index in [-0.39, 0.29) is 70.1 Å². The van der Waals surface area contributed by atoms with E-state index >= 15 is 0 Å². The van der Waals surface area contributed by atoms with Crippen molar-refractivity contribution in [3.8, 4) is 22.5 Å². The molecule has 2 fully saturated rings. The van der Waals surface area contributed by atoms with Gasteiger partial charge in [-0.25, -0.2) is 8.78 Å². The lowest BCUT2D eigenvalue weighted by molar-refractivity contribution is -0.123. The van der Waals surface area contributed by atoms with Crippen molar-refractivity contribution in [1.29, 1.82) is 0 Å². The molecule has 4 atom stereocenters. The summed E-state index contributed by atoms with van der Waals surface area (Å²) in [6.45, 7) is 9.74. The number of aromatic amines is 2. The van der Waals surface area contributed by atoms with E-state index in [1.54, 1.807) is 24.3 Å². The Bertz CT molecular complexity index is 2420. The highest BCUT2D eigenvalue weighted by Gasteiger charge is 2.31. The molecule has 0 saturated carbocycles. The van der Waals surface area contributed by atoms with Crippen molar-refractivity contribution < 1.29 is 18.4 Å². The fraction of sp³-hybridized carbons (Fsp3) is 0.333. The van der Waals surface area contributed by atoms with Crippen LogP contribution in [0.2, 0.25) is 0 Å². The zero-order valence-corrected chi connectivity index (χ0v) is 33.3. The van der Waals surface area contributed by atoms with Gasteiger partial charge in [0.15, 0.2) is 0 Å². The molecule has 58 heavy (non-hydrogen) atoms. The first-order valence-electron chi connectivity index (χ1n) is 20.3. The molecule has 2 saturated heterocycles. The highest BCUT2D eigenvalue weighted by Crippen LogP contribution is 2.34. The predicted molar refractivity (Wildman–Crippen MR) is 227 cm³/mol. The van der Waals surface area contributed by atoms with Crippen LogP contribution in [0.3, 0.4) is 0 Å². The van der Waals surface area contributed by atoms with E-state index in [0.717, 1.165) is 34.7 Å². The largest absolute Gasteiger partial charge is 0.356 e. The Hall–Kier alpha value is -5.90. The average Bonchev–Trinajstić information content (AvgIpc) is 3.82. The van der Waals surface area contributed by atoms with Crippen molar-refractivity contribution in [1.82, 2.24) is 20.6 Å². The van der Waals surface area contributed by atoms with Crippen molar-refractivity contribution in [2.75, 3.05) is 13.1 Å². The lowest BCUT2D eigenvalue weighted by atomic mass is 9.81. The molecule has 2 aromatic heterocycles. The van der Waals surface area contributed by atoms with Crippen LogP contribution in [-0.2, 0) is 9.59 Å². The minimum Gasteiger partial charge on any atom is -0.356 e. The van der Waals surface area contributed by atoms with Gasteiger partial charge in [-0.2, -0.15) is 0 Å². The number of H-pyrrole nitrogens is 2. The predicted octanol–water partition coefficient (Wildman–Crippen LogP) is 9.20. The number of fused-ring (bicyclic) bond motifs is 2. The molecule has 0 aliphatic carbocycles. The Labute approximate surface area is 336 Å². The monoisotopic (exact) mass is 784 g/mol. The summed E-state index contributed by atoms with van der Waals surface area (Å²) in [5.74, 6) is 0.0383. The van der Waals surface area contributed by atoms with Crippen LogP contribution in [0.25, 0.3) is 44.1 Å². The maximum Gasteiger partial charge on any atom is 0.251 e. The van der Waals surface area contributed by atoms with Gasteiger partial charge in [-0.15, -0.1) is 0 Å². The fourth-order valence-corrected chi connectivity index (χ4v) is 8.56. The lowest BCUT2D eigenvalue weighted by Crippen LogP contribution is -2.25.